The van der Waals surface area contributed by atoms with Gasteiger partial charge in [0.15, 0.2) is 0 Å². The summed E-state index contributed by atoms with van der Waals surface area (Å²) in [4.78, 5) is 0. The van der Waals surface area contributed by atoms with Crippen molar-refractivity contribution in [2.24, 2.45) is 0 Å². The molecule has 2 heteroatoms. The van der Waals surface area contributed by atoms with Crippen LogP contribution >= 0.6 is 20.3 Å². The topological polar surface area (TPSA) is 0 Å². The summed E-state index contributed by atoms with van der Waals surface area (Å²) in [5.74, 6) is 0. The van der Waals surface area contributed by atoms with E-state index >= 15 is 0 Å². The molecular formula is C14H9ISe. The Labute approximate surface area is 112 Å². The summed E-state index contributed by atoms with van der Waals surface area (Å²) >= 11 is 3.02. The molecule has 0 nitrogen and oxygen atoms in total. The van der Waals surface area contributed by atoms with Gasteiger partial charge in [0.25, 0.3) is 0 Å². The van der Waals surface area contributed by atoms with Gasteiger partial charge in [0, 0.05) is 0 Å². The van der Waals surface area contributed by atoms with Gasteiger partial charge in [0.2, 0.25) is 0 Å². The third-order valence-corrected chi connectivity index (χ3v) is 6.35. The Morgan fingerprint density at radius 1 is 0.750 bits per heavy atom. The zero-order valence-corrected chi connectivity index (χ0v) is 12.4. The minimum atomic E-state index is 0.528. The van der Waals surface area contributed by atoms with E-state index in [1.807, 2.05) is 0 Å². The molecule has 3 aromatic rings. The van der Waals surface area contributed by atoms with E-state index in [1.165, 1.54) is 26.0 Å². The number of benzene rings is 3. The van der Waals surface area contributed by atoms with E-state index < -0.39 is 0 Å². The molecule has 0 unspecified atom stereocenters. The molecule has 78 valence electrons. The number of hydrogen-bond donors (Lipinski definition) is 0. The molecule has 0 aliphatic heterocycles. The van der Waals surface area contributed by atoms with Gasteiger partial charge in [-0.2, -0.15) is 0 Å². The predicted octanol–water partition coefficient (Wildman–Crippen LogP) is 3.67. The molecular weight excluding hydrogens is 374 g/mol. The zero-order chi connectivity index (χ0) is 11.0. The SMILES string of the molecule is I[Se]c1cccc2cc3ccccc3cc12. The molecule has 0 N–H and O–H groups in total. The summed E-state index contributed by atoms with van der Waals surface area (Å²) in [5, 5.41) is 5.43. The van der Waals surface area contributed by atoms with E-state index in [0.29, 0.717) is 11.7 Å². The Hall–Kier alpha value is -0.571. The quantitative estimate of drug-likeness (QED) is 0.342. The van der Waals surface area contributed by atoms with Crippen molar-refractivity contribution < 1.29 is 0 Å². The van der Waals surface area contributed by atoms with Crippen molar-refractivity contribution in [3.05, 3.63) is 54.6 Å². The van der Waals surface area contributed by atoms with Gasteiger partial charge in [-0.05, 0) is 0 Å². The van der Waals surface area contributed by atoms with Crippen LogP contribution in [0.25, 0.3) is 21.5 Å². The van der Waals surface area contributed by atoms with Gasteiger partial charge in [-0.25, -0.2) is 0 Å². The van der Waals surface area contributed by atoms with Crippen molar-refractivity contribution in [3.8, 4) is 0 Å². The van der Waals surface area contributed by atoms with Crippen LogP contribution in [-0.2, 0) is 0 Å². The summed E-state index contributed by atoms with van der Waals surface area (Å²) in [6.45, 7) is 0. The fourth-order valence-electron chi connectivity index (χ4n) is 2.01. The van der Waals surface area contributed by atoms with Crippen LogP contribution in [0.5, 0.6) is 0 Å². The van der Waals surface area contributed by atoms with Gasteiger partial charge in [0.05, 0.1) is 0 Å². The van der Waals surface area contributed by atoms with Crippen molar-refractivity contribution in [1.82, 2.24) is 0 Å². The standard InChI is InChI=1S/C14H9ISe/c15-16-14-7-3-6-12-8-10-4-1-2-5-11(10)9-13(12)14/h1-9H. The van der Waals surface area contributed by atoms with Crippen molar-refractivity contribution in [1.29, 1.82) is 0 Å². The van der Waals surface area contributed by atoms with Crippen LogP contribution in [0.4, 0.5) is 0 Å². The molecule has 3 rings (SSSR count). The molecule has 0 saturated carbocycles. The summed E-state index contributed by atoms with van der Waals surface area (Å²) < 4.78 is 1.48. The van der Waals surface area contributed by atoms with E-state index in [0.717, 1.165) is 0 Å². The monoisotopic (exact) mass is 384 g/mol. The molecule has 0 aromatic heterocycles. The molecule has 0 spiro atoms. The van der Waals surface area contributed by atoms with E-state index in [1.54, 1.807) is 0 Å². The fraction of sp³-hybridized carbons (Fsp3) is 0. The Kier molecular flexibility index (Phi) is 2.88. The number of rotatable bonds is 1. The molecule has 16 heavy (non-hydrogen) atoms. The Balaban J connectivity index is 2.46. The summed E-state index contributed by atoms with van der Waals surface area (Å²) in [6, 6.07) is 19.8. The van der Waals surface area contributed by atoms with Crippen LogP contribution in [0.1, 0.15) is 0 Å². The number of hydrogen-bond acceptors (Lipinski definition) is 0. The average Bonchev–Trinajstić information content (AvgIpc) is 2.35. The van der Waals surface area contributed by atoms with Crippen molar-refractivity contribution in [2.75, 3.05) is 0 Å². The molecule has 3 aromatic carbocycles. The Morgan fingerprint density at radius 3 is 2.19 bits per heavy atom. The second-order valence-corrected chi connectivity index (χ2v) is 7.29. The molecule has 0 radical (unpaired) electrons. The van der Waals surface area contributed by atoms with Crippen LogP contribution in [0.3, 0.4) is 0 Å². The molecule has 0 bridgehead atoms. The zero-order valence-electron chi connectivity index (χ0n) is 8.48. The average molecular weight is 383 g/mol. The van der Waals surface area contributed by atoms with Gasteiger partial charge >= 0.3 is 113 Å². The minimum absolute atomic E-state index is 0.528. The van der Waals surface area contributed by atoms with Gasteiger partial charge < -0.3 is 0 Å². The van der Waals surface area contributed by atoms with Gasteiger partial charge in [-0.15, -0.1) is 0 Å². The summed E-state index contributed by atoms with van der Waals surface area (Å²) in [7, 11) is 0. The molecule has 0 saturated heterocycles. The van der Waals surface area contributed by atoms with E-state index in [2.05, 4.69) is 74.9 Å². The Bertz CT molecular complexity index is 661. The maximum absolute atomic E-state index is 2.49. The fourth-order valence-corrected chi connectivity index (χ4v) is 4.82. The first-order valence-electron chi connectivity index (χ1n) is 5.08. The number of halogens is 1. The number of fused-ring (bicyclic) bond motifs is 2. The van der Waals surface area contributed by atoms with E-state index in [9.17, 15) is 0 Å². The van der Waals surface area contributed by atoms with Gasteiger partial charge in [-0.1, -0.05) is 0 Å². The first kappa shape index (κ1) is 10.6. The summed E-state index contributed by atoms with van der Waals surface area (Å²) in [5.41, 5.74) is 0. The van der Waals surface area contributed by atoms with Crippen molar-refractivity contribution >= 4 is 58.1 Å². The van der Waals surface area contributed by atoms with Gasteiger partial charge in [-0.3, -0.25) is 0 Å². The second kappa shape index (κ2) is 4.36. The molecule has 0 atom stereocenters. The van der Waals surface area contributed by atoms with Crippen molar-refractivity contribution in [3.63, 3.8) is 0 Å². The third-order valence-electron chi connectivity index (χ3n) is 2.79. The van der Waals surface area contributed by atoms with Crippen LogP contribution in [-0.4, -0.2) is 11.7 Å². The molecule has 0 heterocycles. The molecule has 0 aliphatic rings. The van der Waals surface area contributed by atoms with Gasteiger partial charge in [0.1, 0.15) is 0 Å². The predicted molar refractivity (Wildman–Crippen MR) is 80.9 cm³/mol. The van der Waals surface area contributed by atoms with E-state index in [-0.39, 0.29) is 0 Å². The normalized spacial score (nSPS) is 11.1. The van der Waals surface area contributed by atoms with Crippen LogP contribution in [0, 0.1) is 0 Å². The van der Waals surface area contributed by atoms with Crippen LogP contribution < -0.4 is 4.46 Å². The molecule has 0 aliphatic carbocycles. The first-order valence-corrected chi connectivity index (χ1v) is 11.2. The molecule has 0 fully saturated rings. The van der Waals surface area contributed by atoms with Crippen LogP contribution in [0.2, 0.25) is 0 Å². The Morgan fingerprint density at radius 2 is 1.44 bits per heavy atom. The van der Waals surface area contributed by atoms with Crippen LogP contribution in [0.15, 0.2) is 54.6 Å². The maximum atomic E-state index is 2.49. The van der Waals surface area contributed by atoms with Crippen molar-refractivity contribution in [2.45, 2.75) is 0 Å². The second-order valence-electron chi connectivity index (χ2n) is 3.75. The third kappa shape index (κ3) is 1.75. The first-order chi connectivity index (χ1) is 7.88. The molecule has 0 amide bonds. The summed E-state index contributed by atoms with van der Waals surface area (Å²) in [6.07, 6.45) is 0. The van der Waals surface area contributed by atoms with E-state index in [4.69, 9.17) is 0 Å².